The zero-order valence-corrected chi connectivity index (χ0v) is 15.5. The van der Waals surface area contributed by atoms with Crippen LogP contribution in [-0.4, -0.2) is 17.5 Å². The van der Waals surface area contributed by atoms with E-state index in [0.717, 1.165) is 12.1 Å². The minimum atomic E-state index is -0.781. The Morgan fingerprint density at radius 1 is 0.962 bits per heavy atom. The molecular weight excluding hydrogens is 326 g/mol. The van der Waals surface area contributed by atoms with E-state index in [1.54, 1.807) is 12.1 Å². The minimum Gasteiger partial charge on any atom is -0.318 e. The van der Waals surface area contributed by atoms with Crippen molar-refractivity contribution in [2.75, 3.05) is 5.32 Å². The van der Waals surface area contributed by atoms with Crippen molar-refractivity contribution in [3.05, 3.63) is 65.7 Å². The summed E-state index contributed by atoms with van der Waals surface area (Å²) in [4.78, 5) is 23.8. The number of hydrazone groups is 1. The maximum absolute atomic E-state index is 11.9. The average Bonchev–Trinajstić information content (AvgIpc) is 2.65. The van der Waals surface area contributed by atoms with Crippen molar-refractivity contribution in [2.24, 2.45) is 5.10 Å². The first-order valence-corrected chi connectivity index (χ1v) is 8.74. The molecule has 5 nitrogen and oxygen atoms in total. The number of rotatable bonds is 6. The highest BCUT2D eigenvalue weighted by Crippen LogP contribution is 2.17. The number of hydrogen-bond acceptors (Lipinski definition) is 3. The molecule has 2 N–H and O–H groups in total. The fraction of sp³-hybridized carbons (Fsp3) is 0.286. The number of nitrogens with zero attached hydrogens (tertiary/aromatic N) is 1. The standard InChI is InChI=1S/C21H25N3O2/c1-15(2)18-11-13-19(14-12-18)22-20(25)21(26)24-23-16(3)9-10-17-7-5-4-6-8-17/h4-8,11-15H,9-10H2,1-3H3,(H,22,25)(H,24,26)/b23-16+. The van der Waals surface area contributed by atoms with Crippen molar-refractivity contribution in [1.29, 1.82) is 0 Å². The Morgan fingerprint density at radius 2 is 1.62 bits per heavy atom. The van der Waals surface area contributed by atoms with Crippen LogP contribution in [0, 0.1) is 0 Å². The summed E-state index contributed by atoms with van der Waals surface area (Å²) < 4.78 is 0. The number of hydrogen-bond donors (Lipinski definition) is 2. The van der Waals surface area contributed by atoms with Gasteiger partial charge in [0.2, 0.25) is 0 Å². The molecule has 136 valence electrons. The molecule has 2 aromatic carbocycles. The van der Waals surface area contributed by atoms with Gasteiger partial charge in [0.15, 0.2) is 0 Å². The maximum atomic E-state index is 11.9. The number of carbonyl (C=O) groups is 2. The van der Waals surface area contributed by atoms with Crippen LogP contribution in [0.1, 0.15) is 44.2 Å². The van der Waals surface area contributed by atoms with Gasteiger partial charge in [-0.3, -0.25) is 9.59 Å². The molecule has 26 heavy (non-hydrogen) atoms. The van der Waals surface area contributed by atoms with Gasteiger partial charge in [-0.15, -0.1) is 0 Å². The smallest absolute Gasteiger partial charge is 0.318 e. The first-order valence-electron chi connectivity index (χ1n) is 8.74. The quantitative estimate of drug-likeness (QED) is 0.471. The van der Waals surface area contributed by atoms with E-state index in [2.05, 4.69) is 29.7 Å². The molecule has 0 spiro atoms. The largest absolute Gasteiger partial charge is 0.329 e. The van der Waals surface area contributed by atoms with Crippen LogP contribution in [0.15, 0.2) is 59.7 Å². The van der Waals surface area contributed by atoms with Crippen LogP contribution < -0.4 is 10.7 Å². The molecule has 0 radical (unpaired) electrons. The molecule has 0 unspecified atom stereocenters. The topological polar surface area (TPSA) is 70.6 Å². The summed E-state index contributed by atoms with van der Waals surface area (Å²) in [6, 6.07) is 17.5. The molecule has 2 rings (SSSR count). The van der Waals surface area contributed by atoms with Crippen molar-refractivity contribution in [3.63, 3.8) is 0 Å². The summed E-state index contributed by atoms with van der Waals surface area (Å²) >= 11 is 0. The summed E-state index contributed by atoms with van der Waals surface area (Å²) in [7, 11) is 0. The SMILES string of the molecule is C/C(CCc1ccccc1)=N\NC(=O)C(=O)Nc1ccc(C(C)C)cc1. The van der Waals surface area contributed by atoms with E-state index >= 15 is 0 Å². The third-order valence-electron chi connectivity index (χ3n) is 4.01. The van der Waals surface area contributed by atoms with Crippen LogP contribution in [0.25, 0.3) is 0 Å². The van der Waals surface area contributed by atoms with E-state index < -0.39 is 11.8 Å². The fourth-order valence-electron chi connectivity index (χ4n) is 2.36. The predicted molar refractivity (Wildman–Crippen MR) is 105 cm³/mol. The van der Waals surface area contributed by atoms with Gasteiger partial charge >= 0.3 is 11.8 Å². The van der Waals surface area contributed by atoms with Gasteiger partial charge in [-0.1, -0.05) is 56.3 Å². The zero-order chi connectivity index (χ0) is 18.9. The molecule has 0 bridgehead atoms. The van der Waals surface area contributed by atoms with Crippen LogP contribution in [-0.2, 0) is 16.0 Å². The normalized spacial score (nSPS) is 11.3. The molecule has 0 saturated heterocycles. The van der Waals surface area contributed by atoms with Gasteiger partial charge in [0.25, 0.3) is 0 Å². The maximum Gasteiger partial charge on any atom is 0.329 e. The molecule has 0 aliphatic rings. The molecular formula is C21H25N3O2. The Bertz CT molecular complexity index is 766. The Labute approximate surface area is 154 Å². The van der Waals surface area contributed by atoms with Crippen molar-refractivity contribution >= 4 is 23.2 Å². The van der Waals surface area contributed by atoms with Crippen molar-refractivity contribution in [1.82, 2.24) is 5.43 Å². The lowest BCUT2D eigenvalue weighted by molar-refractivity contribution is -0.136. The second kappa shape index (κ2) is 9.51. The highest BCUT2D eigenvalue weighted by molar-refractivity contribution is 6.39. The van der Waals surface area contributed by atoms with Gasteiger partial charge in [0.1, 0.15) is 0 Å². The highest BCUT2D eigenvalue weighted by Gasteiger charge is 2.13. The molecule has 0 atom stereocenters. The Hall–Kier alpha value is -2.95. The second-order valence-electron chi connectivity index (χ2n) is 6.50. The number of benzene rings is 2. The lowest BCUT2D eigenvalue weighted by Crippen LogP contribution is -2.32. The van der Waals surface area contributed by atoms with Gasteiger partial charge in [-0.05, 0) is 48.9 Å². The van der Waals surface area contributed by atoms with E-state index in [-0.39, 0.29) is 0 Å². The molecule has 5 heteroatoms. The van der Waals surface area contributed by atoms with Gasteiger partial charge < -0.3 is 5.32 Å². The summed E-state index contributed by atoms with van der Waals surface area (Å²) in [5.74, 6) is -1.10. The van der Waals surface area contributed by atoms with E-state index in [9.17, 15) is 9.59 Å². The molecule has 0 saturated carbocycles. The third kappa shape index (κ3) is 6.16. The summed E-state index contributed by atoms with van der Waals surface area (Å²) in [5.41, 5.74) is 6.03. The monoisotopic (exact) mass is 351 g/mol. The highest BCUT2D eigenvalue weighted by atomic mass is 16.2. The lowest BCUT2D eigenvalue weighted by atomic mass is 10.0. The van der Waals surface area contributed by atoms with Crippen molar-refractivity contribution < 1.29 is 9.59 Å². The van der Waals surface area contributed by atoms with Crippen LogP contribution in [0.3, 0.4) is 0 Å². The number of anilines is 1. The van der Waals surface area contributed by atoms with Crippen LogP contribution in [0.4, 0.5) is 5.69 Å². The summed E-state index contributed by atoms with van der Waals surface area (Å²) in [6.07, 6.45) is 1.54. The first-order chi connectivity index (χ1) is 12.5. The predicted octanol–water partition coefficient (Wildman–Crippen LogP) is 3.87. The molecule has 2 aromatic rings. The van der Waals surface area contributed by atoms with E-state index in [0.29, 0.717) is 18.0 Å². The van der Waals surface area contributed by atoms with Crippen LogP contribution in [0.2, 0.25) is 0 Å². The van der Waals surface area contributed by atoms with E-state index in [1.165, 1.54) is 11.1 Å². The number of nitrogens with one attached hydrogen (secondary N) is 2. The summed E-state index contributed by atoms with van der Waals surface area (Å²) in [5, 5.41) is 6.56. The fourth-order valence-corrected chi connectivity index (χ4v) is 2.36. The molecule has 0 heterocycles. The first kappa shape index (κ1) is 19.4. The Balaban J connectivity index is 1.81. The lowest BCUT2D eigenvalue weighted by Gasteiger charge is -2.08. The second-order valence-corrected chi connectivity index (χ2v) is 6.50. The van der Waals surface area contributed by atoms with Gasteiger partial charge in [0, 0.05) is 11.4 Å². The van der Waals surface area contributed by atoms with Gasteiger partial charge in [0.05, 0.1) is 0 Å². The van der Waals surface area contributed by atoms with Gasteiger partial charge in [-0.2, -0.15) is 5.10 Å². The van der Waals surface area contributed by atoms with Crippen molar-refractivity contribution in [3.8, 4) is 0 Å². The Morgan fingerprint density at radius 3 is 2.23 bits per heavy atom. The molecule has 0 aliphatic carbocycles. The molecule has 0 aliphatic heterocycles. The molecule has 0 aromatic heterocycles. The van der Waals surface area contributed by atoms with E-state index in [4.69, 9.17) is 0 Å². The Kier molecular flexibility index (Phi) is 7.09. The number of carbonyl (C=O) groups excluding carboxylic acids is 2. The number of aryl methyl sites for hydroxylation is 1. The molecule has 2 amide bonds. The molecule has 0 fully saturated rings. The van der Waals surface area contributed by atoms with Gasteiger partial charge in [-0.25, -0.2) is 5.43 Å². The van der Waals surface area contributed by atoms with E-state index in [1.807, 2.05) is 49.4 Å². The summed E-state index contributed by atoms with van der Waals surface area (Å²) in [6.45, 7) is 6.02. The minimum absolute atomic E-state index is 0.413. The van der Waals surface area contributed by atoms with Crippen LogP contribution >= 0.6 is 0 Å². The van der Waals surface area contributed by atoms with Crippen LogP contribution in [0.5, 0.6) is 0 Å². The number of amides is 2. The zero-order valence-electron chi connectivity index (χ0n) is 15.5. The average molecular weight is 351 g/mol. The third-order valence-corrected chi connectivity index (χ3v) is 4.01. The van der Waals surface area contributed by atoms with Crippen molar-refractivity contribution in [2.45, 2.75) is 39.5 Å².